The van der Waals surface area contributed by atoms with Gasteiger partial charge in [-0.2, -0.15) is 0 Å². The average Bonchev–Trinajstić information content (AvgIpc) is 3.04. The van der Waals surface area contributed by atoms with E-state index in [2.05, 4.69) is 5.32 Å². The molecule has 2 amide bonds. The molecular formula is C23H24N2O3S. The monoisotopic (exact) mass is 408 g/mol. The molecule has 0 atom stereocenters. The van der Waals surface area contributed by atoms with Crippen LogP contribution in [-0.4, -0.2) is 18.4 Å². The summed E-state index contributed by atoms with van der Waals surface area (Å²) in [5.74, 6) is -0.355. The van der Waals surface area contributed by atoms with Gasteiger partial charge in [-0.15, -0.1) is 11.3 Å². The standard InChI is InChI=1S/C23H24N2O3S/c1-3-17-15(2)29-23(20(17)21(24)26)25-22(27)18-11-7-8-12-19(18)28-14-13-16-9-5-4-6-10-16/h4-12H,3,13-14H2,1-2H3,(H2,24,26)(H,25,27). The summed E-state index contributed by atoms with van der Waals surface area (Å²) in [7, 11) is 0. The van der Waals surface area contributed by atoms with E-state index in [0.717, 1.165) is 16.9 Å². The highest BCUT2D eigenvalue weighted by Crippen LogP contribution is 2.34. The number of carbonyl (C=O) groups is 2. The molecule has 0 aliphatic rings. The number of thiophene rings is 1. The third-order valence-corrected chi connectivity index (χ3v) is 5.72. The Morgan fingerprint density at radius 3 is 2.45 bits per heavy atom. The van der Waals surface area contributed by atoms with E-state index in [1.165, 1.54) is 16.9 Å². The Morgan fingerprint density at radius 1 is 1.07 bits per heavy atom. The molecule has 29 heavy (non-hydrogen) atoms. The quantitative estimate of drug-likeness (QED) is 0.572. The molecule has 0 unspecified atom stereocenters. The van der Waals surface area contributed by atoms with Crippen molar-refractivity contribution in [1.29, 1.82) is 0 Å². The molecule has 0 fully saturated rings. The van der Waals surface area contributed by atoms with Crippen LogP contribution in [0.15, 0.2) is 54.6 Å². The number of rotatable bonds is 8. The van der Waals surface area contributed by atoms with Crippen LogP contribution in [0.2, 0.25) is 0 Å². The van der Waals surface area contributed by atoms with Crippen molar-refractivity contribution in [3.05, 3.63) is 81.7 Å². The lowest BCUT2D eigenvalue weighted by molar-refractivity contribution is 0.100. The van der Waals surface area contributed by atoms with E-state index >= 15 is 0 Å². The Kier molecular flexibility index (Phi) is 6.67. The molecule has 3 rings (SSSR count). The Labute approximate surface area is 174 Å². The fourth-order valence-electron chi connectivity index (χ4n) is 3.23. The number of para-hydroxylation sites is 1. The molecule has 0 aliphatic carbocycles. The van der Waals surface area contributed by atoms with Crippen molar-refractivity contribution in [2.24, 2.45) is 5.73 Å². The number of carbonyl (C=O) groups excluding carboxylic acids is 2. The van der Waals surface area contributed by atoms with Gasteiger partial charge in [0.15, 0.2) is 0 Å². The Morgan fingerprint density at radius 2 is 1.76 bits per heavy atom. The first kappa shape index (κ1) is 20.6. The zero-order valence-electron chi connectivity index (χ0n) is 16.5. The van der Waals surface area contributed by atoms with Crippen molar-refractivity contribution >= 4 is 28.2 Å². The van der Waals surface area contributed by atoms with E-state index in [4.69, 9.17) is 10.5 Å². The zero-order chi connectivity index (χ0) is 20.8. The van der Waals surface area contributed by atoms with Crippen LogP contribution in [0.4, 0.5) is 5.00 Å². The number of nitrogens with one attached hydrogen (secondary N) is 1. The zero-order valence-corrected chi connectivity index (χ0v) is 17.3. The van der Waals surface area contributed by atoms with E-state index < -0.39 is 5.91 Å². The summed E-state index contributed by atoms with van der Waals surface area (Å²) in [5.41, 5.74) is 8.42. The maximum Gasteiger partial charge on any atom is 0.260 e. The lowest BCUT2D eigenvalue weighted by atomic mass is 10.1. The minimum Gasteiger partial charge on any atom is -0.492 e. The maximum atomic E-state index is 12.9. The number of primary amides is 1. The predicted molar refractivity (Wildman–Crippen MR) is 117 cm³/mol. The molecule has 0 bridgehead atoms. The van der Waals surface area contributed by atoms with Gasteiger partial charge in [-0.25, -0.2) is 0 Å². The summed E-state index contributed by atoms with van der Waals surface area (Å²) in [6.07, 6.45) is 1.42. The van der Waals surface area contributed by atoms with E-state index in [1.807, 2.05) is 50.2 Å². The SMILES string of the molecule is CCc1c(C)sc(NC(=O)c2ccccc2OCCc2ccccc2)c1C(N)=O. The van der Waals surface area contributed by atoms with Gasteiger partial charge in [-0.3, -0.25) is 9.59 Å². The molecule has 0 spiro atoms. The molecule has 0 radical (unpaired) electrons. The van der Waals surface area contributed by atoms with Crippen molar-refractivity contribution in [2.75, 3.05) is 11.9 Å². The molecule has 0 saturated heterocycles. The number of ether oxygens (including phenoxy) is 1. The second-order valence-corrected chi connectivity index (χ2v) is 7.82. The lowest BCUT2D eigenvalue weighted by Gasteiger charge is -2.12. The van der Waals surface area contributed by atoms with Crippen LogP contribution in [0, 0.1) is 6.92 Å². The number of anilines is 1. The first-order chi connectivity index (χ1) is 14.0. The molecular weight excluding hydrogens is 384 g/mol. The van der Waals surface area contributed by atoms with Gasteiger partial charge in [0.2, 0.25) is 0 Å². The van der Waals surface area contributed by atoms with Gasteiger partial charge < -0.3 is 15.8 Å². The summed E-state index contributed by atoms with van der Waals surface area (Å²) in [6.45, 7) is 4.34. The van der Waals surface area contributed by atoms with Crippen LogP contribution in [0.3, 0.4) is 0 Å². The third kappa shape index (κ3) is 4.84. The van der Waals surface area contributed by atoms with Crippen molar-refractivity contribution in [2.45, 2.75) is 26.7 Å². The molecule has 2 aromatic carbocycles. The van der Waals surface area contributed by atoms with Crippen molar-refractivity contribution in [3.63, 3.8) is 0 Å². The van der Waals surface area contributed by atoms with Crippen LogP contribution >= 0.6 is 11.3 Å². The van der Waals surface area contributed by atoms with Crippen LogP contribution < -0.4 is 15.8 Å². The van der Waals surface area contributed by atoms with Crippen LogP contribution in [0.5, 0.6) is 5.75 Å². The largest absolute Gasteiger partial charge is 0.492 e. The average molecular weight is 409 g/mol. The number of hydrogen-bond donors (Lipinski definition) is 2. The Bertz CT molecular complexity index is 1010. The fourth-order valence-corrected chi connectivity index (χ4v) is 4.37. The first-order valence-corrected chi connectivity index (χ1v) is 10.3. The van der Waals surface area contributed by atoms with Gasteiger partial charge in [0, 0.05) is 11.3 Å². The van der Waals surface area contributed by atoms with Crippen molar-refractivity contribution < 1.29 is 14.3 Å². The predicted octanol–water partition coefficient (Wildman–Crippen LogP) is 4.59. The molecule has 3 N–H and O–H groups in total. The van der Waals surface area contributed by atoms with E-state index in [0.29, 0.717) is 34.9 Å². The minimum atomic E-state index is -0.533. The van der Waals surface area contributed by atoms with E-state index in [1.54, 1.807) is 18.2 Å². The topological polar surface area (TPSA) is 81.4 Å². The lowest BCUT2D eigenvalue weighted by Crippen LogP contribution is -2.18. The number of nitrogens with two attached hydrogens (primary N) is 1. The van der Waals surface area contributed by atoms with Crippen LogP contribution in [-0.2, 0) is 12.8 Å². The number of aryl methyl sites for hydroxylation is 1. The van der Waals surface area contributed by atoms with Gasteiger partial charge >= 0.3 is 0 Å². The molecule has 1 heterocycles. The van der Waals surface area contributed by atoms with Crippen LogP contribution in [0.1, 0.15) is 43.6 Å². The smallest absolute Gasteiger partial charge is 0.260 e. The van der Waals surface area contributed by atoms with Crippen LogP contribution in [0.25, 0.3) is 0 Å². The molecule has 0 aliphatic heterocycles. The normalized spacial score (nSPS) is 10.6. The fraction of sp³-hybridized carbons (Fsp3) is 0.217. The summed E-state index contributed by atoms with van der Waals surface area (Å²) < 4.78 is 5.88. The Hall–Kier alpha value is -3.12. The van der Waals surface area contributed by atoms with Crippen molar-refractivity contribution in [3.8, 4) is 5.75 Å². The molecule has 150 valence electrons. The summed E-state index contributed by atoms with van der Waals surface area (Å²) in [6, 6.07) is 17.1. The van der Waals surface area contributed by atoms with Gasteiger partial charge in [-0.05, 0) is 36.6 Å². The number of hydrogen-bond acceptors (Lipinski definition) is 4. The highest BCUT2D eigenvalue weighted by molar-refractivity contribution is 7.16. The van der Waals surface area contributed by atoms with E-state index in [-0.39, 0.29) is 5.91 Å². The molecule has 5 nitrogen and oxygen atoms in total. The molecule has 6 heteroatoms. The molecule has 3 aromatic rings. The highest BCUT2D eigenvalue weighted by atomic mass is 32.1. The maximum absolute atomic E-state index is 12.9. The van der Waals surface area contributed by atoms with Gasteiger partial charge in [0.05, 0.1) is 17.7 Å². The number of amides is 2. The van der Waals surface area contributed by atoms with Gasteiger partial charge in [0.1, 0.15) is 10.8 Å². The van der Waals surface area contributed by atoms with Gasteiger partial charge in [0.25, 0.3) is 11.8 Å². The van der Waals surface area contributed by atoms with Crippen molar-refractivity contribution in [1.82, 2.24) is 0 Å². The highest BCUT2D eigenvalue weighted by Gasteiger charge is 2.22. The number of benzene rings is 2. The second kappa shape index (κ2) is 9.39. The summed E-state index contributed by atoms with van der Waals surface area (Å²) in [4.78, 5) is 25.8. The summed E-state index contributed by atoms with van der Waals surface area (Å²) in [5, 5.41) is 3.33. The summed E-state index contributed by atoms with van der Waals surface area (Å²) >= 11 is 1.36. The first-order valence-electron chi connectivity index (χ1n) is 9.50. The van der Waals surface area contributed by atoms with E-state index in [9.17, 15) is 9.59 Å². The molecule has 0 saturated carbocycles. The minimum absolute atomic E-state index is 0.327. The van der Waals surface area contributed by atoms with Gasteiger partial charge in [-0.1, -0.05) is 49.4 Å². The second-order valence-electron chi connectivity index (χ2n) is 6.59. The molecule has 1 aromatic heterocycles. The third-order valence-electron chi connectivity index (χ3n) is 4.66. The Balaban J connectivity index is 1.76.